The van der Waals surface area contributed by atoms with Gasteiger partial charge in [-0.2, -0.15) is 0 Å². The summed E-state index contributed by atoms with van der Waals surface area (Å²) in [7, 11) is 1.86. The van der Waals surface area contributed by atoms with E-state index in [1.165, 1.54) is 11.3 Å². The Morgan fingerprint density at radius 2 is 1.92 bits per heavy atom. The van der Waals surface area contributed by atoms with Crippen LogP contribution in [-0.2, 0) is 20.8 Å². The van der Waals surface area contributed by atoms with E-state index in [1.54, 1.807) is 4.90 Å². The Morgan fingerprint density at radius 1 is 1.20 bits per heavy atom. The van der Waals surface area contributed by atoms with Crippen LogP contribution in [0, 0.1) is 0 Å². The molecule has 2 saturated heterocycles. The van der Waals surface area contributed by atoms with Crippen molar-refractivity contribution in [2.24, 2.45) is 0 Å². The summed E-state index contributed by atoms with van der Waals surface area (Å²) in [6.07, 6.45) is 0. The number of nitrogens with zero attached hydrogens (tertiary/aromatic N) is 2. The number of benzene rings is 1. The van der Waals surface area contributed by atoms with Crippen LogP contribution >= 0.6 is 24.8 Å². The Hall–Kier alpha value is -1.05. The van der Waals surface area contributed by atoms with Gasteiger partial charge in [0.2, 0.25) is 5.91 Å². The maximum atomic E-state index is 12.5. The SMILES string of the molecule is CN(Cc1ccccc1N1CCOCC1)C(=O)C1COCCN1.Cl.Cl. The lowest BCUT2D eigenvalue weighted by atomic mass is 10.1. The van der Waals surface area contributed by atoms with Gasteiger partial charge in [-0.15, -0.1) is 24.8 Å². The lowest BCUT2D eigenvalue weighted by Crippen LogP contribution is -2.51. The fourth-order valence-corrected chi connectivity index (χ4v) is 3.08. The lowest BCUT2D eigenvalue weighted by Gasteiger charge is -2.32. The standard InChI is InChI=1S/C17H25N3O3.2ClH/c1-19(17(21)15-13-23-9-6-18-15)12-14-4-2-3-5-16(14)20-7-10-22-11-8-20;;/h2-5,15,18H,6-13H2,1H3;2*1H. The lowest BCUT2D eigenvalue weighted by molar-refractivity contribution is -0.135. The van der Waals surface area contributed by atoms with E-state index in [0.29, 0.717) is 19.8 Å². The van der Waals surface area contributed by atoms with Crippen molar-refractivity contribution in [3.63, 3.8) is 0 Å². The molecule has 0 radical (unpaired) electrons. The van der Waals surface area contributed by atoms with Gasteiger partial charge >= 0.3 is 0 Å². The van der Waals surface area contributed by atoms with Crippen LogP contribution in [0.4, 0.5) is 5.69 Å². The van der Waals surface area contributed by atoms with Crippen LogP contribution in [0.15, 0.2) is 24.3 Å². The van der Waals surface area contributed by atoms with Gasteiger partial charge in [0.15, 0.2) is 0 Å². The molecule has 1 atom stereocenters. The van der Waals surface area contributed by atoms with Gasteiger partial charge in [0.25, 0.3) is 0 Å². The molecule has 1 N–H and O–H groups in total. The third-order valence-electron chi connectivity index (χ3n) is 4.35. The molecule has 2 aliphatic rings. The number of hydrogen-bond acceptors (Lipinski definition) is 5. The van der Waals surface area contributed by atoms with Gasteiger partial charge in [-0.05, 0) is 11.6 Å². The molecule has 2 fully saturated rings. The fraction of sp³-hybridized carbons (Fsp3) is 0.588. The average molecular weight is 392 g/mol. The van der Waals surface area contributed by atoms with Gasteiger partial charge in [-0.1, -0.05) is 18.2 Å². The molecule has 8 heteroatoms. The highest BCUT2D eigenvalue weighted by Crippen LogP contribution is 2.23. The molecule has 1 aromatic carbocycles. The van der Waals surface area contributed by atoms with Crippen LogP contribution in [0.25, 0.3) is 0 Å². The van der Waals surface area contributed by atoms with Crippen LogP contribution in [0.5, 0.6) is 0 Å². The molecule has 0 spiro atoms. The van der Waals surface area contributed by atoms with Crippen molar-refractivity contribution in [3.8, 4) is 0 Å². The smallest absolute Gasteiger partial charge is 0.242 e. The third-order valence-corrected chi connectivity index (χ3v) is 4.35. The van der Waals surface area contributed by atoms with Crippen molar-refractivity contribution in [1.82, 2.24) is 10.2 Å². The predicted octanol–water partition coefficient (Wildman–Crippen LogP) is 1.31. The van der Waals surface area contributed by atoms with Crippen LogP contribution < -0.4 is 10.2 Å². The quantitative estimate of drug-likeness (QED) is 0.838. The molecule has 1 aromatic rings. The van der Waals surface area contributed by atoms with Gasteiger partial charge in [-0.3, -0.25) is 4.79 Å². The topological polar surface area (TPSA) is 54.0 Å². The molecule has 2 heterocycles. The Morgan fingerprint density at radius 3 is 2.60 bits per heavy atom. The van der Waals surface area contributed by atoms with Gasteiger partial charge in [-0.25, -0.2) is 0 Å². The van der Waals surface area contributed by atoms with Crippen LogP contribution in [0.1, 0.15) is 5.56 Å². The second-order valence-corrected chi connectivity index (χ2v) is 6.00. The first-order valence-corrected chi connectivity index (χ1v) is 8.22. The number of hydrogen-bond donors (Lipinski definition) is 1. The van der Waals surface area contributed by atoms with Crippen molar-refractivity contribution >= 4 is 36.4 Å². The number of ether oxygens (including phenoxy) is 2. The zero-order valence-corrected chi connectivity index (χ0v) is 16.1. The van der Waals surface area contributed by atoms with Crippen molar-refractivity contribution < 1.29 is 14.3 Å². The maximum Gasteiger partial charge on any atom is 0.242 e. The van der Waals surface area contributed by atoms with E-state index in [0.717, 1.165) is 32.8 Å². The van der Waals surface area contributed by atoms with E-state index in [2.05, 4.69) is 22.3 Å². The predicted molar refractivity (Wildman–Crippen MR) is 103 cm³/mol. The number of halogens is 2. The highest BCUT2D eigenvalue weighted by Gasteiger charge is 2.25. The van der Waals surface area contributed by atoms with Crippen molar-refractivity contribution in [1.29, 1.82) is 0 Å². The number of rotatable bonds is 4. The van der Waals surface area contributed by atoms with Crippen LogP contribution in [0.2, 0.25) is 0 Å². The van der Waals surface area contributed by atoms with Gasteiger partial charge in [0.1, 0.15) is 6.04 Å². The number of carbonyl (C=O) groups excluding carboxylic acids is 1. The molecule has 1 unspecified atom stereocenters. The second kappa shape index (κ2) is 10.8. The summed E-state index contributed by atoms with van der Waals surface area (Å²) < 4.78 is 10.8. The Balaban J connectivity index is 0.00000156. The normalized spacial score (nSPS) is 20.2. The van der Waals surface area contributed by atoms with Gasteiger partial charge in [0.05, 0.1) is 26.4 Å². The fourth-order valence-electron chi connectivity index (χ4n) is 3.08. The number of morpholine rings is 2. The third kappa shape index (κ3) is 5.72. The molecule has 3 rings (SSSR count). The number of anilines is 1. The van der Waals surface area contributed by atoms with E-state index in [-0.39, 0.29) is 36.8 Å². The van der Waals surface area contributed by atoms with Gasteiger partial charge < -0.3 is 24.6 Å². The molecule has 0 saturated carbocycles. The van der Waals surface area contributed by atoms with E-state index in [4.69, 9.17) is 9.47 Å². The van der Waals surface area contributed by atoms with E-state index in [9.17, 15) is 4.79 Å². The first kappa shape index (κ1) is 22.0. The molecule has 0 aliphatic carbocycles. The van der Waals surface area contributed by atoms with Crippen LogP contribution in [-0.4, -0.2) is 70.0 Å². The van der Waals surface area contributed by atoms with E-state index in [1.807, 2.05) is 19.2 Å². The summed E-state index contributed by atoms with van der Waals surface area (Å²) in [6, 6.07) is 8.07. The highest BCUT2D eigenvalue weighted by molar-refractivity contribution is 5.85. The second-order valence-electron chi connectivity index (χ2n) is 6.00. The zero-order chi connectivity index (χ0) is 16.1. The number of para-hydroxylation sites is 1. The molecule has 25 heavy (non-hydrogen) atoms. The highest BCUT2D eigenvalue weighted by atomic mass is 35.5. The molecular weight excluding hydrogens is 365 g/mol. The minimum atomic E-state index is -0.232. The number of amides is 1. The van der Waals surface area contributed by atoms with Crippen LogP contribution in [0.3, 0.4) is 0 Å². The number of likely N-dealkylation sites (N-methyl/N-ethyl adjacent to an activating group) is 1. The molecular formula is C17H27Cl2N3O3. The maximum absolute atomic E-state index is 12.5. The van der Waals surface area contributed by atoms with E-state index >= 15 is 0 Å². The van der Waals surface area contributed by atoms with Crippen molar-refractivity contribution in [2.75, 3.05) is 58.0 Å². The first-order valence-electron chi connectivity index (χ1n) is 8.22. The summed E-state index contributed by atoms with van der Waals surface area (Å²) in [4.78, 5) is 16.7. The molecule has 142 valence electrons. The Labute approximate surface area is 161 Å². The summed E-state index contributed by atoms with van der Waals surface area (Å²) >= 11 is 0. The molecule has 6 nitrogen and oxygen atoms in total. The molecule has 0 bridgehead atoms. The summed E-state index contributed by atoms with van der Waals surface area (Å²) in [5, 5.41) is 3.22. The molecule has 2 aliphatic heterocycles. The number of nitrogens with one attached hydrogen (secondary N) is 1. The summed E-state index contributed by atoms with van der Waals surface area (Å²) in [6.45, 7) is 5.76. The van der Waals surface area contributed by atoms with E-state index < -0.39 is 0 Å². The number of carbonyl (C=O) groups is 1. The Kier molecular flexibility index (Phi) is 9.53. The summed E-state index contributed by atoms with van der Waals surface area (Å²) in [5.74, 6) is 0.0847. The van der Waals surface area contributed by atoms with Gasteiger partial charge in [0, 0.05) is 38.9 Å². The van der Waals surface area contributed by atoms with Crippen molar-refractivity contribution in [2.45, 2.75) is 12.6 Å². The monoisotopic (exact) mass is 391 g/mol. The molecule has 1 amide bonds. The average Bonchev–Trinajstić information content (AvgIpc) is 2.63. The van der Waals surface area contributed by atoms with Crippen molar-refractivity contribution in [3.05, 3.63) is 29.8 Å². The minimum Gasteiger partial charge on any atom is -0.378 e. The Bertz CT molecular complexity index is 536. The largest absolute Gasteiger partial charge is 0.378 e. The minimum absolute atomic E-state index is 0. The summed E-state index contributed by atoms with van der Waals surface area (Å²) in [5.41, 5.74) is 2.37. The zero-order valence-electron chi connectivity index (χ0n) is 14.5. The molecule has 0 aromatic heterocycles. The first-order chi connectivity index (χ1) is 11.3.